The summed E-state index contributed by atoms with van der Waals surface area (Å²) in [4.78, 5) is 28.1. The third-order valence-electron chi connectivity index (χ3n) is 3.20. The van der Waals surface area contributed by atoms with E-state index in [2.05, 4.69) is 20.4 Å². The number of alkyl halides is 2. The summed E-state index contributed by atoms with van der Waals surface area (Å²) in [5.74, 6) is -0.741. The van der Waals surface area contributed by atoms with E-state index in [1.165, 1.54) is 30.5 Å². The number of nitrogens with zero attached hydrogens (tertiary/aromatic N) is 1. The summed E-state index contributed by atoms with van der Waals surface area (Å²) in [5, 5.41) is 7.10. The number of hydrogen-bond donors (Lipinski definition) is 2. The number of rotatable bonds is 7. The van der Waals surface area contributed by atoms with Gasteiger partial charge in [0, 0.05) is 17.1 Å². The van der Waals surface area contributed by atoms with Gasteiger partial charge in [-0.25, -0.2) is 4.98 Å². The molecule has 2 heterocycles. The molecule has 2 aromatic heterocycles. The van der Waals surface area contributed by atoms with Gasteiger partial charge in [-0.1, -0.05) is 6.07 Å². The molecule has 0 spiro atoms. The Morgan fingerprint density at radius 3 is 2.81 bits per heavy atom. The van der Waals surface area contributed by atoms with Crippen molar-refractivity contribution >= 4 is 34.0 Å². The first-order chi connectivity index (χ1) is 13.0. The molecule has 140 valence electrons. The van der Waals surface area contributed by atoms with Crippen molar-refractivity contribution in [3.8, 4) is 5.75 Å². The maximum Gasteiger partial charge on any atom is 0.387 e. The number of carbonyl (C=O) groups is 2. The Morgan fingerprint density at radius 2 is 2.07 bits per heavy atom. The molecule has 10 heteroatoms. The molecule has 1 aromatic carbocycles. The first-order valence-electron chi connectivity index (χ1n) is 7.63. The molecule has 0 aliphatic heterocycles. The van der Waals surface area contributed by atoms with Crippen molar-refractivity contribution in [2.75, 3.05) is 10.6 Å². The molecule has 0 atom stereocenters. The number of halogens is 2. The van der Waals surface area contributed by atoms with Gasteiger partial charge in [0.25, 0.3) is 5.91 Å². The van der Waals surface area contributed by atoms with Gasteiger partial charge in [-0.05, 0) is 24.3 Å². The number of furan rings is 1. The van der Waals surface area contributed by atoms with Crippen LogP contribution in [0.1, 0.15) is 16.2 Å². The van der Waals surface area contributed by atoms with Gasteiger partial charge in [-0.15, -0.1) is 11.3 Å². The summed E-state index contributed by atoms with van der Waals surface area (Å²) in [6.45, 7) is -2.94. The van der Waals surface area contributed by atoms with Crippen LogP contribution in [0.5, 0.6) is 5.75 Å². The van der Waals surface area contributed by atoms with E-state index in [1.807, 2.05) is 0 Å². The van der Waals surface area contributed by atoms with E-state index in [1.54, 1.807) is 17.5 Å². The molecule has 3 aromatic rings. The Balaban J connectivity index is 1.55. The Bertz CT molecular complexity index is 928. The Kier molecular flexibility index (Phi) is 5.77. The molecule has 27 heavy (non-hydrogen) atoms. The summed E-state index contributed by atoms with van der Waals surface area (Å²) >= 11 is 1.16. The number of ether oxygens (including phenoxy) is 1. The fraction of sp³-hybridized carbons (Fsp3) is 0.118. The summed E-state index contributed by atoms with van der Waals surface area (Å²) < 4.78 is 33.7. The minimum atomic E-state index is -2.94. The van der Waals surface area contributed by atoms with Gasteiger partial charge in [0.05, 0.1) is 18.4 Å². The highest BCUT2D eigenvalue weighted by Gasteiger charge is 2.13. The molecule has 7 nitrogen and oxygen atoms in total. The van der Waals surface area contributed by atoms with Crippen molar-refractivity contribution in [2.45, 2.75) is 13.0 Å². The fourth-order valence-electron chi connectivity index (χ4n) is 2.13. The van der Waals surface area contributed by atoms with Crippen molar-refractivity contribution in [3.05, 3.63) is 59.5 Å². The lowest BCUT2D eigenvalue weighted by atomic mass is 10.2. The van der Waals surface area contributed by atoms with Gasteiger partial charge in [0.2, 0.25) is 5.91 Å². The third kappa shape index (κ3) is 5.35. The van der Waals surface area contributed by atoms with E-state index >= 15 is 0 Å². The summed E-state index contributed by atoms with van der Waals surface area (Å²) in [6, 6.07) is 8.79. The molecule has 2 N–H and O–H groups in total. The number of hydrogen-bond acceptors (Lipinski definition) is 6. The van der Waals surface area contributed by atoms with Gasteiger partial charge in [0.1, 0.15) is 5.75 Å². The lowest BCUT2D eigenvalue weighted by molar-refractivity contribution is -0.115. The second-order valence-electron chi connectivity index (χ2n) is 5.21. The predicted molar refractivity (Wildman–Crippen MR) is 94.2 cm³/mol. The molecule has 0 unspecified atom stereocenters. The molecular formula is C17H13F2N3O4S. The van der Waals surface area contributed by atoms with Gasteiger partial charge in [-0.3, -0.25) is 14.9 Å². The minimum absolute atomic E-state index is 0.0486. The second kappa shape index (κ2) is 8.41. The van der Waals surface area contributed by atoms with Crippen LogP contribution < -0.4 is 15.4 Å². The van der Waals surface area contributed by atoms with Gasteiger partial charge in [-0.2, -0.15) is 8.78 Å². The SMILES string of the molecule is O=C(Cc1csc(NC(=O)c2ccco2)n1)Nc1cccc(OC(F)F)c1. The van der Waals surface area contributed by atoms with Crippen LogP contribution in [0.3, 0.4) is 0 Å². The number of anilines is 2. The lowest BCUT2D eigenvalue weighted by Crippen LogP contribution is -2.15. The highest BCUT2D eigenvalue weighted by atomic mass is 32.1. The van der Waals surface area contributed by atoms with E-state index in [4.69, 9.17) is 4.42 Å². The Labute approximate surface area is 156 Å². The highest BCUT2D eigenvalue weighted by Crippen LogP contribution is 2.20. The number of amides is 2. The molecule has 2 amide bonds. The van der Waals surface area contributed by atoms with Crippen LogP contribution in [-0.4, -0.2) is 23.4 Å². The fourth-order valence-corrected chi connectivity index (χ4v) is 2.84. The zero-order chi connectivity index (χ0) is 19.2. The zero-order valence-electron chi connectivity index (χ0n) is 13.6. The molecular weight excluding hydrogens is 380 g/mol. The Morgan fingerprint density at radius 1 is 1.22 bits per heavy atom. The standard InChI is InChI=1S/C17H13F2N3O4S/c18-16(19)26-12-4-1-3-10(7-12)20-14(23)8-11-9-27-17(21-11)22-15(24)13-5-2-6-25-13/h1-7,9,16H,8H2,(H,20,23)(H,21,22,24). The summed E-state index contributed by atoms with van der Waals surface area (Å²) in [5.41, 5.74) is 0.770. The topological polar surface area (TPSA) is 93.5 Å². The second-order valence-corrected chi connectivity index (χ2v) is 6.06. The molecule has 0 fully saturated rings. The normalized spacial score (nSPS) is 10.6. The quantitative estimate of drug-likeness (QED) is 0.637. The molecule has 0 bridgehead atoms. The van der Waals surface area contributed by atoms with Gasteiger partial charge in [0.15, 0.2) is 10.9 Å². The van der Waals surface area contributed by atoms with E-state index in [-0.39, 0.29) is 17.9 Å². The maximum atomic E-state index is 12.2. The van der Waals surface area contributed by atoms with Gasteiger partial charge >= 0.3 is 6.61 Å². The summed E-state index contributed by atoms with van der Waals surface area (Å²) in [6.07, 6.45) is 1.33. The first-order valence-corrected chi connectivity index (χ1v) is 8.51. The predicted octanol–water partition coefficient (Wildman–Crippen LogP) is 3.77. The van der Waals surface area contributed by atoms with Crippen molar-refractivity contribution < 1.29 is 27.5 Å². The monoisotopic (exact) mass is 393 g/mol. The minimum Gasteiger partial charge on any atom is -0.459 e. The van der Waals surface area contributed by atoms with Crippen LogP contribution in [-0.2, 0) is 11.2 Å². The first kappa shape index (κ1) is 18.5. The lowest BCUT2D eigenvalue weighted by Gasteiger charge is -2.07. The van der Waals surface area contributed by atoms with E-state index in [0.29, 0.717) is 16.5 Å². The third-order valence-corrected chi connectivity index (χ3v) is 4.01. The highest BCUT2D eigenvalue weighted by molar-refractivity contribution is 7.14. The average Bonchev–Trinajstić information content (AvgIpc) is 3.26. The van der Waals surface area contributed by atoms with Crippen LogP contribution in [0.2, 0.25) is 0 Å². The number of aromatic nitrogens is 1. The van der Waals surface area contributed by atoms with E-state index < -0.39 is 18.4 Å². The van der Waals surface area contributed by atoms with Crippen LogP contribution in [0, 0.1) is 0 Å². The molecule has 3 rings (SSSR count). The molecule has 0 saturated carbocycles. The van der Waals surface area contributed by atoms with Crippen molar-refractivity contribution in [1.82, 2.24) is 4.98 Å². The van der Waals surface area contributed by atoms with Crippen molar-refractivity contribution in [1.29, 1.82) is 0 Å². The molecule has 0 aliphatic carbocycles. The van der Waals surface area contributed by atoms with Crippen LogP contribution in [0.25, 0.3) is 0 Å². The zero-order valence-corrected chi connectivity index (χ0v) is 14.5. The largest absolute Gasteiger partial charge is 0.459 e. The van der Waals surface area contributed by atoms with Gasteiger partial charge < -0.3 is 14.5 Å². The smallest absolute Gasteiger partial charge is 0.387 e. The number of thiazole rings is 1. The van der Waals surface area contributed by atoms with Crippen LogP contribution >= 0.6 is 11.3 Å². The average molecular weight is 393 g/mol. The number of carbonyl (C=O) groups excluding carboxylic acids is 2. The molecule has 0 saturated heterocycles. The van der Waals surface area contributed by atoms with E-state index in [9.17, 15) is 18.4 Å². The van der Waals surface area contributed by atoms with Crippen LogP contribution in [0.15, 0.2) is 52.5 Å². The Hall–Kier alpha value is -3.27. The maximum absolute atomic E-state index is 12.2. The molecule has 0 aliphatic rings. The van der Waals surface area contributed by atoms with Crippen LogP contribution in [0.4, 0.5) is 19.6 Å². The number of benzene rings is 1. The molecule has 0 radical (unpaired) electrons. The van der Waals surface area contributed by atoms with Crippen molar-refractivity contribution in [2.24, 2.45) is 0 Å². The summed E-state index contributed by atoms with van der Waals surface area (Å²) in [7, 11) is 0. The number of nitrogens with one attached hydrogen (secondary N) is 2. The van der Waals surface area contributed by atoms with Crippen molar-refractivity contribution in [3.63, 3.8) is 0 Å². The van der Waals surface area contributed by atoms with E-state index in [0.717, 1.165) is 11.3 Å².